The van der Waals surface area contributed by atoms with Crippen molar-refractivity contribution >= 4 is 51.5 Å². The predicted molar refractivity (Wildman–Crippen MR) is 237 cm³/mol. The number of hydrogen-bond donors (Lipinski definition) is 2. The number of nitrogens with two attached hydrogens (primary N) is 1. The van der Waals surface area contributed by atoms with Crippen molar-refractivity contribution in [1.29, 1.82) is 0 Å². The molecule has 1 amide bonds. The Balaban J connectivity index is 1.94. The minimum atomic E-state index is -2.06. The Hall–Kier alpha value is -3.14. The lowest BCUT2D eigenvalue weighted by Crippen LogP contribution is -2.34. The van der Waals surface area contributed by atoms with Gasteiger partial charge < -0.3 is 20.1 Å². The number of carbonyl (C=O) groups is 1. The lowest BCUT2D eigenvalue weighted by molar-refractivity contribution is -0.122. The van der Waals surface area contributed by atoms with Crippen LogP contribution in [0.5, 0.6) is 0 Å². The molecular formula is C45H70N4O3S2. The first-order chi connectivity index (χ1) is 26.1. The topological polar surface area (TPSA) is 99.2 Å². The Morgan fingerprint density at radius 2 is 1.43 bits per heavy atom. The fourth-order valence-corrected chi connectivity index (χ4v) is 7.73. The van der Waals surface area contributed by atoms with Crippen LogP contribution in [-0.2, 0) is 15.9 Å². The van der Waals surface area contributed by atoms with E-state index in [1.54, 1.807) is 28.8 Å². The van der Waals surface area contributed by atoms with Crippen molar-refractivity contribution in [2.75, 3.05) is 43.1 Å². The highest BCUT2D eigenvalue weighted by Crippen LogP contribution is 2.29. The molecule has 0 saturated heterocycles. The number of unbranched alkanes of at least 4 members (excludes halogenated alkanes) is 14. The van der Waals surface area contributed by atoms with Gasteiger partial charge in [0.05, 0.1) is 10.6 Å². The van der Waals surface area contributed by atoms with Gasteiger partial charge in [-0.25, -0.2) is 9.20 Å². The molecule has 0 aliphatic heterocycles. The Bertz CT molecular complexity index is 1500. The SMILES string of the molecule is C=C(CCCCCCCCCCCCCCCCC)C(=Nc1ccc(N(CC)CC)cc1)C(=O)N(C)C/C=C\C(=C/C)CSc1ccc(S(=O)O)cc1N. The number of amides is 1. The number of thioether (sulfide) groups is 1. The largest absolute Gasteiger partial charge is 0.398 e. The third-order valence-corrected chi connectivity index (χ3v) is 11.7. The molecule has 9 heteroatoms. The molecule has 3 N–H and O–H groups in total. The van der Waals surface area contributed by atoms with E-state index >= 15 is 0 Å². The molecular weight excluding hydrogens is 709 g/mol. The van der Waals surface area contributed by atoms with Gasteiger partial charge in [-0.3, -0.25) is 4.79 Å². The highest BCUT2D eigenvalue weighted by molar-refractivity contribution is 7.99. The Labute approximate surface area is 335 Å². The van der Waals surface area contributed by atoms with Gasteiger partial charge in [0, 0.05) is 48.7 Å². The van der Waals surface area contributed by atoms with E-state index in [1.807, 2.05) is 44.3 Å². The van der Waals surface area contributed by atoms with Gasteiger partial charge in [0.15, 0.2) is 11.1 Å². The molecule has 0 saturated carbocycles. The first-order valence-electron chi connectivity index (χ1n) is 20.5. The maximum absolute atomic E-state index is 13.9. The van der Waals surface area contributed by atoms with Crippen LogP contribution in [0.2, 0.25) is 0 Å². The van der Waals surface area contributed by atoms with Crippen LogP contribution in [0.4, 0.5) is 17.1 Å². The van der Waals surface area contributed by atoms with Gasteiger partial charge in [-0.05, 0) is 87.2 Å². The summed E-state index contributed by atoms with van der Waals surface area (Å²) in [6.07, 6.45) is 26.5. The zero-order valence-electron chi connectivity index (χ0n) is 34.1. The van der Waals surface area contributed by atoms with E-state index in [0.29, 0.717) is 23.7 Å². The van der Waals surface area contributed by atoms with Crippen molar-refractivity contribution in [2.24, 2.45) is 4.99 Å². The first-order valence-corrected chi connectivity index (χ1v) is 22.6. The molecule has 2 aromatic carbocycles. The van der Waals surface area contributed by atoms with Crippen molar-refractivity contribution in [3.63, 3.8) is 0 Å². The van der Waals surface area contributed by atoms with Crippen LogP contribution in [0.15, 0.2) is 93.2 Å². The van der Waals surface area contributed by atoms with Crippen LogP contribution in [-0.4, -0.2) is 57.7 Å². The number of hydrogen-bond acceptors (Lipinski definition) is 6. The summed E-state index contributed by atoms with van der Waals surface area (Å²) in [5, 5.41) is 0. The van der Waals surface area contributed by atoms with Crippen LogP contribution < -0.4 is 10.6 Å². The highest BCUT2D eigenvalue weighted by atomic mass is 32.2. The summed E-state index contributed by atoms with van der Waals surface area (Å²) in [5.41, 5.74) is 10.8. The summed E-state index contributed by atoms with van der Waals surface area (Å²) in [5.74, 6) is 0.534. The number of likely N-dealkylation sites (N-methyl/N-ethyl adjacent to an activating group) is 1. The zero-order chi connectivity index (χ0) is 39.6. The van der Waals surface area contributed by atoms with E-state index in [4.69, 9.17) is 10.7 Å². The van der Waals surface area contributed by atoms with Gasteiger partial charge in [-0.1, -0.05) is 122 Å². The van der Waals surface area contributed by atoms with Gasteiger partial charge in [0.25, 0.3) is 5.91 Å². The first kappa shape index (κ1) is 47.0. The second kappa shape index (κ2) is 28.3. The van der Waals surface area contributed by atoms with Gasteiger partial charge in [-0.15, -0.1) is 11.8 Å². The molecule has 0 fully saturated rings. The fraction of sp³-hybridized carbons (Fsp3) is 0.556. The van der Waals surface area contributed by atoms with E-state index in [0.717, 1.165) is 59.8 Å². The maximum Gasteiger partial charge on any atom is 0.272 e. The summed E-state index contributed by atoms with van der Waals surface area (Å²) < 4.78 is 20.7. The number of anilines is 2. The average Bonchev–Trinajstić information content (AvgIpc) is 3.17. The van der Waals surface area contributed by atoms with Gasteiger partial charge >= 0.3 is 0 Å². The Kier molecular flexibility index (Phi) is 24.6. The second-order valence-corrected chi connectivity index (χ2v) is 16.1. The van der Waals surface area contributed by atoms with Crippen LogP contribution in [0.25, 0.3) is 0 Å². The minimum Gasteiger partial charge on any atom is -0.398 e. The van der Waals surface area contributed by atoms with Crippen molar-refractivity contribution in [3.8, 4) is 0 Å². The number of rotatable bonds is 29. The molecule has 2 rings (SSSR count). The summed E-state index contributed by atoms with van der Waals surface area (Å²) in [7, 11) is 1.81. The van der Waals surface area contributed by atoms with Gasteiger partial charge in [0.2, 0.25) is 0 Å². The molecule has 0 aromatic heterocycles. The Morgan fingerprint density at radius 3 is 1.93 bits per heavy atom. The molecule has 1 unspecified atom stereocenters. The second-order valence-electron chi connectivity index (χ2n) is 14.1. The van der Waals surface area contributed by atoms with Crippen molar-refractivity contribution in [3.05, 3.63) is 78.4 Å². The normalized spacial score (nSPS) is 12.7. The molecule has 0 spiro atoms. The van der Waals surface area contributed by atoms with E-state index in [2.05, 4.69) is 44.4 Å². The Morgan fingerprint density at radius 1 is 0.870 bits per heavy atom. The van der Waals surface area contributed by atoms with E-state index in [-0.39, 0.29) is 10.8 Å². The number of aliphatic imine (C=N–C) groups is 1. The molecule has 0 heterocycles. The monoisotopic (exact) mass is 778 g/mol. The van der Waals surface area contributed by atoms with E-state index < -0.39 is 11.1 Å². The lowest BCUT2D eigenvalue weighted by Gasteiger charge is -2.21. The van der Waals surface area contributed by atoms with E-state index in [1.165, 1.54) is 89.5 Å². The highest BCUT2D eigenvalue weighted by Gasteiger charge is 2.19. The molecule has 54 heavy (non-hydrogen) atoms. The average molecular weight is 779 g/mol. The molecule has 0 aliphatic carbocycles. The summed E-state index contributed by atoms with van der Waals surface area (Å²) in [4.78, 5) is 23.9. The molecule has 0 aliphatic rings. The number of carbonyl (C=O) groups excluding carboxylic acids is 1. The number of nitrogens with zero attached hydrogens (tertiary/aromatic N) is 3. The van der Waals surface area contributed by atoms with E-state index in [9.17, 15) is 13.6 Å². The van der Waals surface area contributed by atoms with Crippen molar-refractivity contribution in [2.45, 2.75) is 140 Å². The van der Waals surface area contributed by atoms with Gasteiger partial charge in [-0.2, -0.15) is 0 Å². The fourth-order valence-electron chi connectivity index (χ4n) is 6.34. The number of benzene rings is 2. The van der Waals surface area contributed by atoms with Crippen molar-refractivity contribution < 1.29 is 13.6 Å². The van der Waals surface area contributed by atoms with Gasteiger partial charge in [0.1, 0.15) is 5.71 Å². The molecule has 0 radical (unpaired) electrons. The quantitative estimate of drug-likeness (QED) is 0.0213. The van der Waals surface area contributed by atoms with Crippen LogP contribution >= 0.6 is 11.8 Å². The van der Waals surface area contributed by atoms with Crippen LogP contribution in [0, 0.1) is 0 Å². The lowest BCUT2D eigenvalue weighted by atomic mass is 10.0. The summed E-state index contributed by atoms with van der Waals surface area (Å²) in [6.45, 7) is 15.2. The summed E-state index contributed by atoms with van der Waals surface area (Å²) >= 11 is -0.502. The number of allylic oxidation sites excluding steroid dienone is 2. The minimum absolute atomic E-state index is 0.135. The molecule has 7 nitrogen and oxygen atoms in total. The predicted octanol–water partition coefficient (Wildman–Crippen LogP) is 12.3. The molecule has 300 valence electrons. The third-order valence-electron chi connectivity index (χ3n) is 9.84. The molecule has 2 aromatic rings. The standard InChI is InChI=1S/C45H70N4O3S2/c1-7-11-12-13-14-15-16-17-18-19-20-21-22-23-24-26-37(5)44(47-39-28-30-40(31-29-39)49(9-3)10-4)45(50)48(6)34-25-27-38(8-2)36-53-43-33-32-41(54(51)52)35-42(43)46/h8,25,27-33,35H,5,7,9-24,26,34,36,46H2,1-4,6H3,(H,51,52)/b27-25-,38-8+,47-44?. The maximum atomic E-state index is 13.9. The summed E-state index contributed by atoms with van der Waals surface area (Å²) in [6, 6.07) is 13.1. The molecule has 0 bridgehead atoms. The zero-order valence-corrected chi connectivity index (χ0v) is 35.8. The smallest absolute Gasteiger partial charge is 0.272 e. The third kappa shape index (κ3) is 18.5. The molecule has 1 atom stereocenters. The van der Waals surface area contributed by atoms with Crippen molar-refractivity contribution in [1.82, 2.24) is 4.90 Å². The number of nitrogen functional groups attached to an aromatic ring is 1. The van der Waals surface area contributed by atoms with Crippen LogP contribution in [0.3, 0.4) is 0 Å². The van der Waals surface area contributed by atoms with Crippen LogP contribution in [0.1, 0.15) is 130 Å².